The molecule has 1 saturated carbocycles. The number of fused-ring (bicyclic) bond motifs is 1. The predicted octanol–water partition coefficient (Wildman–Crippen LogP) is 7.74. The van der Waals surface area contributed by atoms with E-state index < -0.39 is 21.7 Å². The molecule has 0 radical (unpaired) electrons. The molecule has 1 amide bonds. The number of nitrogens with zero attached hydrogens (tertiary/aromatic N) is 4. The number of anilines is 2. The van der Waals surface area contributed by atoms with Crippen molar-refractivity contribution in [1.29, 1.82) is 0 Å². The molecule has 5 aromatic rings. The minimum atomic E-state index is -3.83. The normalized spacial score (nSPS) is 16.8. The van der Waals surface area contributed by atoms with Crippen LogP contribution in [0.5, 0.6) is 0 Å². The monoisotopic (exact) mass is 686 g/mol. The zero-order chi connectivity index (χ0) is 33.9. The summed E-state index contributed by atoms with van der Waals surface area (Å²) in [6, 6.07) is 25.5. The molecule has 1 aliphatic rings. The van der Waals surface area contributed by atoms with Gasteiger partial charge in [-0.3, -0.25) is 5.32 Å². The largest absolute Gasteiger partial charge is 0.444 e. The Bertz CT molecular complexity index is 1990. The number of hydrogen-bond acceptors (Lipinski definition) is 8. The van der Waals surface area contributed by atoms with Gasteiger partial charge in [0.2, 0.25) is 5.95 Å². The molecule has 10 nitrogen and oxygen atoms in total. The van der Waals surface area contributed by atoms with Crippen LogP contribution in [0.25, 0.3) is 22.2 Å². The number of amides is 1. The van der Waals surface area contributed by atoms with E-state index in [2.05, 4.69) is 15.6 Å². The van der Waals surface area contributed by atoms with Gasteiger partial charge >= 0.3 is 6.09 Å². The van der Waals surface area contributed by atoms with E-state index in [-0.39, 0.29) is 17.0 Å². The number of carbonyl (C=O) groups is 1. The summed E-state index contributed by atoms with van der Waals surface area (Å²) in [5.41, 5.74) is 3.03. The Morgan fingerprint density at radius 3 is 2.48 bits per heavy atom. The van der Waals surface area contributed by atoms with Gasteiger partial charge in [0, 0.05) is 53.4 Å². The summed E-state index contributed by atoms with van der Waals surface area (Å²) in [6.07, 6.45) is 6.52. The third kappa shape index (κ3) is 7.64. The molecule has 12 heteroatoms. The van der Waals surface area contributed by atoms with Crippen LogP contribution in [-0.2, 0) is 21.3 Å². The van der Waals surface area contributed by atoms with Crippen molar-refractivity contribution in [2.45, 2.75) is 75.6 Å². The molecule has 2 atom stereocenters. The van der Waals surface area contributed by atoms with E-state index in [0.717, 1.165) is 36.6 Å². The van der Waals surface area contributed by atoms with Crippen LogP contribution in [0.3, 0.4) is 0 Å². The lowest BCUT2D eigenvalue weighted by Crippen LogP contribution is -2.41. The highest BCUT2D eigenvalue weighted by Crippen LogP contribution is 2.34. The highest BCUT2D eigenvalue weighted by molar-refractivity contribution is 7.90. The number of ether oxygens (including phenoxy) is 1. The van der Waals surface area contributed by atoms with Crippen molar-refractivity contribution in [2.24, 2.45) is 0 Å². The van der Waals surface area contributed by atoms with Crippen molar-refractivity contribution >= 4 is 50.4 Å². The number of benzene rings is 3. The highest BCUT2D eigenvalue weighted by Gasteiger charge is 2.28. The minimum Gasteiger partial charge on any atom is -0.444 e. The van der Waals surface area contributed by atoms with Crippen LogP contribution in [-0.4, -0.2) is 46.1 Å². The second-order valence-electron chi connectivity index (χ2n) is 12.9. The van der Waals surface area contributed by atoms with Crippen molar-refractivity contribution in [3.63, 3.8) is 0 Å². The molecule has 0 aliphatic heterocycles. The lowest BCUT2D eigenvalue weighted by molar-refractivity contribution is 0.0636. The summed E-state index contributed by atoms with van der Waals surface area (Å²) in [7, 11) is -3.83. The van der Waals surface area contributed by atoms with Gasteiger partial charge in [0.25, 0.3) is 10.0 Å². The van der Waals surface area contributed by atoms with Gasteiger partial charge in [-0.2, -0.15) is 0 Å². The van der Waals surface area contributed by atoms with E-state index in [1.807, 2.05) is 63.2 Å². The van der Waals surface area contributed by atoms with E-state index in [1.54, 1.807) is 59.3 Å². The fourth-order valence-electron chi connectivity index (χ4n) is 5.97. The minimum absolute atomic E-state index is 0.00775. The lowest BCUT2D eigenvalue weighted by Gasteiger charge is -2.34. The van der Waals surface area contributed by atoms with Crippen molar-refractivity contribution in [3.8, 4) is 11.3 Å². The number of nitrogens with one attached hydrogen (secondary N) is 2. The smallest absolute Gasteiger partial charge is 0.412 e. The molecule has 2 N–H and O–H groups in total. The first-order chi connectivity index (χ1) is 23.0. The van der Waals surface area contributed by atoms with Gasteiger partial charge in [-0.05, 0) is 88.4 Å². The van der Waals surface area contributed by atoms with E-state index in [0.29, 0.717) is 35.0 Å². The molecule has 2 aromatic heterocycles. The van der Waals surface area contributed by atoms with Crippen LogP contribution < -0.4 is 15.1 Å². The maximum Gasteiger partial charge on any atom is 0.412 e. The summed E-state index contributed by atoms with van der Waals surface area (Å²) in [5, 5.41) is 7.18. The van der Waals surface area contributed by atoms with Crippen LogP contribution in [0, 0.1) is 0 Å². The molecule has 0 spiro atoms. The SMILES string of the molecule is CC(C)(C)OC(=O)Nc1ccc(CN[C@H]2CCC[C@@H](N(Cl)c3nccc(-c4cn(S(=O)(=O)c5ccccc5)c5ccccc45)n3)C2)cc1. The molecule has 48 heavy (non-hydrogen) atoms. The molecule has 2 heterocycles. The standard InChI is InChI=1S/C36H39ClN6O4S/c1-36(2,3)47-35(44)40-26-18-16-25(17-19-26)23-39-27-10-9-11-28(22-27)43(37)34-38-21-20-32(41-34)31-24-42(33-15-8-7-14-30(31)33)48(45,46)29-12-5-4-6-13-29/h4-8,12-21,24,27-28,39H,9-11,22-23H2,1-3H3,(H,40,44)/t27-,28+/m0/s1. The Hall–Kier alpha value is -4.45. The van der Waals surface area contributed by atoms with Crippen molar-refractivity contribution in [3.05, 3.63) is 103 Å². The van der Waals surface area contributed by atoms with Crippen molar-refractivity contribution in [2.75, 3.05) is 9.74 Å². The number of para-hydroxylation sites is 1. The maximum absolute atomic E-state index is 13.6. The quantitative estimate of drug-likeness (QED) is 0.151. The lowest BCUT2D eigenvalue weighted by atomic mass is 9.91. The third-order valence-corrected chi connectivity index (χ3v) is 10.4. The van der Waals surface area contributed by atoms with Gasteiger partial charge in [-0.15, -0.1) is 0 Å². The summed E-state index contributed by atoms with van der Waals surface area (Å²) >= 11 is 6.94. The molecule has 250 valence electrons. The number of carbonyl (C=O) groups excluding carboxylic acids is 1. The predicted molar refractivity (Wildman–Crippen MR) is 190 cm³/mol. The molecule has 0 bridgehead atoms. The Kier molecular flexibility index (Phi) is 9.73. The average molecular weight is 687 g/mol. The number of hydrogen-bond donors (Lipinski definition) is 2. The summed E-state index contributed by atoms with van der Waals surface area (Å²) in [5.74, 6) is 0.371. The third-order valence-electron chi connectivity index (χ3n) is 8.25. The number of aromatic nitrogens is 3. The molecule has 0 unspecified atom stereocenters. The second kappa shape index (κ2) is 14.0. The van der Waals surface area contributed by atoms with Crippen LogP contribution in [0.1, 0.15) is 52.0 Å². The topological polar surface area (TPSA) is 118 Å². The summed E-state index contributed by atoms with van der Waals surface area (Å²) < 4.78 is 35.5. The van der Waals surface area contributed by atoms with Crippen LogP contribution in [0.15, 0.2) is 102 Å². The first-order valence-electron chi connectivity index (χ1n) is 16.0. The van der Waals surface area contributed by atoms with Gasteiger partial charge < -0.3 is 10.1 Å². The Labute approximate surface area is 286 Å². The van der Waals surface area contributed by atoms with Crippen molar-refractivity contribution < 1.29 is 17.9 Å². The van der Waals surface area contributed by atoms with E-state index in [1.165, 1.54) is 3.97 Å². The molecule has 3 aromatic carbocycles. The fourth-order valence-corrected chi connectivity index (χ4v) is 7.62. The fraction of sp³-hybridized carbons (Fsp3) is 0.306. The van der Waals surface area contributed by atoms with Crippen molar-refractivity contribution in [1.82, 2.24) is 19.3 Å². The Morgan fingerprint density at radius 2 is 1.73 bits per heavy atom. The van der Waals surface area contributed by atoms with Gasteiger partial charge in [0.1, 0.15) is 5.60 Å². The van der Waals surface area contributed by atoms with E-state index in [9.17, 15) is 13.2 Å². The van der Waals surface area contributed by atoms with Gasteiger partial charge in [-0.25, -0.2) is 31.6 Å². The Morgan fingerprint density at radius 1 is 1.00 bits per heavy atom. The van der Waals surface area contributed by atoms with Crippen LogP contribution in [0.4, 0.5) is 16.4 Å². The van der Waals surface area contributed by atoms with E-state index >= 15 is 0 Å². The molecule has 1 aliphatic carbocycles. The highest BCUT2D eigenvalue weighted by atomic mass is 35.5. The van der Waals surface area contributed by atoms with Gasteiger partial charge in [0.05, 0.1) is 22.1 Å². The first kappa shape index (κ1) is 33.5. The summed E-state index contributed by atoms with van der Waals surface area (Å²) in [4.78, 5) is 21.6. The number of rotatable bonds is 9. The summed E-state index contributed by atoms with van der Waals surface area (Å²) in [6.45, 7) is 6.16. The average Bonchev–Trinajstić information content (AvgIpc) is 3.48. The molecular weight excluding hydrogens is 648 g/mol. The van der Waals surface area contributed by atoms with Gasteiger partial charge in [-0.1, -0.05) is 48.5 Å². The van der Waals surface area contributed by atoms with Crippen LogP contribution >= 0.6 is 11.8 Å². The Balaban J connectivity index is 1.13. The molecular formula is C36H39ClN6O4S. The zero-order valence-electron chi connectivity index (χ0n) is 27.1. The maximum atomic E-state index is 13.6. The van der Waals surface area contributed by atoms with Gasteiger partial charge in [0.15, 0.2) is 0 Å². The van der Waals surface area contributed by atoms with Crippen LogP contribution in [0.2, 0.25) is 0 Å². The molecule has 0 saturated heterocycles. The molecule has 1 fully saturated rings. The number of halogens is 1. The second-order valence-corrected chi connectivity index (χ2v) is 15.1. The zero-order valence-corrected chi connectivity index (χ0v) is 28.7. The first-order valence-corrected chi connectivity index (χ1v) is 17.8. The van der Waals surface area contributed by atoms with E-state index in [4.69, 9.17) is 21.5 Å². The molecule has 6 rings (SSSR count).